The minimum Gasteiger partial charge on any atom is -0.379 e. The average molecular weight is 425 g/mol. The first-order valence-corrected chi connectivity index (χ1v) is 10.2. The van der Waals surface area contributed by atoms with E-state index < -0.39 is 17.2 Å². The summed E-state index contributed by atoms with van der Waals surface area (Å²) in [5.41, 5.74) is 0.912. The molecule has 0 unspecified atom stereocenters. The third kappa shape index (κ3) is 5.24. The van der Waals surface area contributed by atoms with E-state index in [1.54, 1.807) is 0 Å². The largest absolute Gasteiger partial charge is 0.379 e. The fourth-order valence-corrected chi connectivity index (χ4v) is 3.08. The number of carbonyl (C=O) groups is 1. The van der Waals surface area contributed by atoms with E-state index in [1.165, 1.54) is 17.8 Å². The van der Waals surface area contributed by atoms with E-state index in [4.69, 9.17) is 4.74 Å². The van der Waals surface area contributed by atoms with Crippen molar-refractivity contribution in [3.63, 3.8) is 0 Å². The summed E-state index contributed by atoms with van der Waals surface area (Å²) in [6.07, 6.45) is 2.17. The van der Waals surface area contributed by atoms with E-state index >= 15 is 0 Å². The average Bonchev–Trinajstić information content (AvgIpc) is 2.75. The number of ether oxygens (including phenoxy) is 1. The van der Waals surface area contributed by atoms with Crippen LogP contribution in [-0.4, -0.2) is 44.3 Å². The number of aromatic nitrogens is 4. The Labute approximate surface area is 179 Å². The molecular formula is C22H27N5O4. The van der Waals surface area contributed by atoms with Crippen LogP contribution in [0.3, 0.4) is 0 Å². The van der Waals surface area contributed by atoms with Crippen LogP contribution in [0.4, 0.5) is 0 Å². The van der Waals surface area contributed by atoms with Gasteiger partial charge in [-0.2, -0.15) is 0 Å². The van der Waals surface area contributed by atoms with Gasteiger partial charge in [-0.15, -0.1) is 0 Å². The number of rotatable bonds is 8. The number of carbonyl (C=O) groups excluding carboxylic acids is 1. The van der Waals surface area contributed by atoms with Gasteiger partial charge in [-0.3, -0.25) is 18.7 Å². The lowest BCUT2D eigenvalue weighted by molar-refractivity contribution is -0.121. The summed E-state index contributed by atoms with van der Waals surface area (Å²) < 4.78 is 7.58. The lowest BCUT2D eigenvalue weighted by atomic mass is 10.1. The van der Waals surface area contributed by atoms with Gasteiger partial charge in [-0.05, 0) is 27.2 Å². The summed E-state index contributed by atoms with van der Waals surface area (Å²) in [6, 6.07) is 7.64. The first kappa shape index (κ1) is 22.4. The van der Waals surface area contributed by atoms with Crippen molar-refractivity contribution in [1.29, 1.82) is 0 Å². The maximum atomic E-state index is 12.9. The van der Waals surface area contributed by atoms with Crippen LogP contribution < -0.4 is 16.6 Å². The molecule has 1 N–H and O–H groups in total. The van der Waals surface area contributed by atoms with Crippen molar-refractivity contribution in [1.82, 2.24) is 24.4 Å². The second-order valence-electron chi connectivity index (χ2n) is 7.65. The van der Waals surface area contributed by atoms with Gasteiger partial charge in [0.25, 0.3) is 5.56 Å². The Morgan fingerprint density at radius 1 is 1.19 bits per heavy atom. The van der Waals surface area contributed by atoms with Gasteiger partial charge in [-0.1, -0.05) is 29.8 Å². The zero-order valence-corrected chi connectivity index (χ0v) is 18.2. The number of nitrogens with zero attached hydrogens (tertiary/aromatic N) is 4. The lowest BCUT2D eigenvalue weighted by Gasteiger charge is -2.11. The fraction of sp³-hybridized carbons (Fsp3) is 0.409. The Morgan fingerprint density at radius 2 is 1.90 bits per heavy atom. The molecule has 9 heteroatoms. The van der Waals surface area contributed by atoms with E-state index in [-0.39, 0.29) is 23.7 Å². The summed E-state index contributed by atoms with van der Waals surface area (Å²) >= 11 is 0. The van der Waals surface area contributed by atoms with Crippen LogP contribution in [0.15, 0.2) is 40.1 Å². The summed E-state index contributed by atoms with van der Waals surface area (Å²) in [7, 11) is 1.52. The lowest BCUT2D eigenvalue weighted by Crippen LogP contribution is -2.43. The number of nitrogens with one attached hydrogen (secondary N) is 1. The smallest absolute Gasteiger partial charge is 0.332 e. The van der Waals surface area contributed by atoms with Crippen molar-refractivity contribution in [3.8, 4) is 11.4 Å². The molecule has 3 rings (SSSR count). The van der Waals surface area contributed by atoms with Crippen molar-refractivity contribution in [2.24, 2.45) is 7.05 Å². The second-order valence-corrected chi connectivity index (χ2v) is 7.65. The molecule has 0 aliphatic rings. The number of amides is 1. The quantitative estimate of drug-likeness (QED) is 0.547. The fourth-order valence-electron chi connectivity index (χ4n) is 3.08. The molecule has 2 aromatic heterocycles. The highest BCUT2D eigenvalue weighted by Gasteiger charge is 2.16. The van der Waals surface area contributed by atoms with Gasteiger partial charge in [-0.25, -0.2) is 14.8 Å². The van der Waals surface area contributed by atoms with E-state index in [0.717, 1.165) is 15.7 Å². The Hall–Kier alpha value is -3.33. The minimum absolute atomic E-state index is 0.128. The molecule has 164 valence electrons. The first-order chi connectivity index (χ1) is 14.8. The third-order valence-corrected chi connectivity index (χ3v) is 4.79. The Bertz CT molecular complexity index is 1200. The van der Waals surface area contributed by atoms with E-state index in [9.17, 15) is 14.4 Å². The van der Waals surface area contributed by atoms with Crippen molar-refractivity contribution in [2.45, 2.75) is 39.8 Å². The molecule has 0 fully saturated rings. The molecule has 1 amide bonds. The Kier molecular flexibility index (Phi) is 6.96. The molecule has 0 radical (unpaired) electrons. The molecule has 31 heavy (non-hydrogen) atoms. The van der Waals surface area contributed by atoms with E-state index in [2.05, 4.69) is 15.3 Å². The molecule has 0 atom stereocenters. The molecular weight excluding hydrogens is 398 g/mol. The molecule has 2 heterocycles. The molecule has 0 spiro atoms. The maximum Gasteiger partial charge on any atom is 0.332 e. The summed E-state index contributed by atoms with van der Waals surface area (Å²) in [4.78, 5) is 46.5. The predicted molar refractivity (Wildman–Crippen MR) is 118 cm³/mol. The minimum atomic E-state index is -0.607. The zero-order chi connectivity index (χ0) is 22.5. The van der Waals surface area contributed by atoms with Gasteiger partial charge in [0.15, 0.2) is 11.5 Å². The molecule has 1 aromatic carbocycles. The van der Waals surface area contributed by atoms with Gasteiger partial charge in [0, 0.05) is 32.0 Å². The Morgan fingerprint density at radius 3 is 2.58 bits per heavy atom. The van der Waals surface area contributed by atoms with Crippen LogP contribution in [0.1, 0.15) is 25.8 Å². The van der Waals surface area contributed by atoms with Crippen molar-refractivity contribution < 1.29 is 9.53 Å². The molecule has 3 aromatic rings. The molecule has 0 aliphatic heterocycles. The van der Waals surface area contributed by atoms with Crippen LogP contribution in [0.2, 0.25) is 0 Å². The van der Waals surface area contributed by atoms with Crippen LogP contribution >= 0.6 is 0 Å². The highest BCUT2D eigenvalue weighted by molar-refractivity contribution is 5.78. The maximum absolute atomic E-state index is 12.9. The van der Waals surface area contributed by atoms with Gasteiger partial charge < -0.3 is 10.1 Å². The number of benzene rings is 1. The molecule has 9 nitrogen and oxygen atoms in total. The van der Waals surface area contributed by atoms with Crippen molar-refractivity contribution >= 4 is 16.9 Å². The summed E-state index contributed by atoms with van der Waals surface area (Å²) in [6.45, 7) is 6.41. The van der Waals surface area contributed by atoms with Crippen LogP contribution in [0.5, 0.6) is 0 Å². The SMILES string of the molecule is Cc1ccc(-c2ncc3c(=O)n(CC(=O)NCCCOC(C)C)c(=O)n(C)c3n2)cc1. The Balaban J connectivity index is 1.83. The van der Waals surface area contributed by atoms with Crippen LogP contribution in [-0.2, 0) is 23.1 Å². The van der Waals surface area contributed by atoms with Crippen molar-refractivity contribution in [2.75, 3.05) is 13.2 Å². The normalized spacial score (nSPS) is 11.3. The predicted octanol–water partition coefficient (Wildman–Crippen LogP) is 1.40. The highest BCUT2D eigenvalue weighted by atomic mass is 16.5. The van der Waals surface area contributed by atoms with Gasteiger partial charge in [0.1, 0.15) is 11.9 Å². The van der Waals surface area contributed by atoms with Crippen LogP contribution in [0, 0.1) is 6.92 Å². The van der Waals surface area contributed by atoms with E-state index in [0.29, 0.717) is 25.4 Å². The number of hydrogen-bond donors (Lipinski definition) is 1. The topological polar surface area (TPSA) is 108 Å². The monoisotopic (exact) mass is 425 g/mol. The van der Waals surface area contributed by atoms with Crippen LogP contribution in [0.25, 0.3) is 22.4 Å². The van der Waals surface area contributed by atoms with Gasteiger partial charge in [0.2, 0.25) is 5.91 Å². The molecule has 0 saturated heterocycles. The molecule has 0 saturated carbocycles. The highest BCUT2D eigenvalue weighted by Crippen LogP contribution is 2.16. The zero-order valence-electron chi connectivity index (χ0n) is 18.2. The first-order valence-electron chi connectivity index (χ1n) is 10.2. The van der Waals surface area contributed by atoms with E-state index in [1.807, 2.05) is 45.0 Å². The van der Waals surface area contributed by atoms with Gasteiger partial charge >= 0.3 is 5.69 Å². The number of aryl methyl sites for hydroxylation is 2. The van der Waals surface area contributed by atoms with Gasteiger partial charge in [0.05, 0.1) is 6.10 Å². The third-order valence-electron chi connectivity index (χ3n) is 4.79. The molecule has 0 aliphatic carbocycles. The summed E-state index contributed by atoms with van der Waals surface area (Å²) in [5, 5.41) is 2.88. The second kappa shape index (κ2) is 9.65. The number of hydrogen-bond acceptors (Lipinski definition) is 6. The number of fused-ring (bicyclic) bond motifs is 1. The summed E-state index contributed by atoms with van der Waals surface area (Å²) in [5.74, 6) is 0.00120. The van der Waals surface area contributed by atoms with Crippen molar-refractivity contribution in [3.05, 3.63) is 56.9 Å². The molecule has 0 bridgehead atoms. The standard InChI is InChI=1S/C22H27N5O4/c1-14(2)31-11-5-10-23-18(28)13-27-21(29)17-12-24-19(16-8-6-15(3)7-9-16)25-20(17)26(4)22(27)30/h6-9,12,14H,5,10-11,13H2,1-4H3,(H,23,28).